The van der Waals surface area contributed by atoms with Crippen molar-refractivity contribution in [3.05, 3.63) is 57.6 Å². The number of rotatable bonds is 8. The molecule has 2 amide bonds. The van der Waals surface area contributed by atoms with Crippen LogP contribution in [0.25, 0.3) is 0 Å². The van der Waals surface area contributed by atoms with Crippen molar-refractivity contribution in [3.8, 4) is 11.5 Å². The fourth-order valence-corrected chi connectivity index (χ4v) is 4.94. The summed E-state index contributed by atoms with van der Waals surface area (Å²) in [7, 11) is 0. The van der Waals surface area contributed by atoms with Gasteiger partial charge >= 0.3 is 0 Å². The second-order valence-electron chi connectivity index (χ2n) is 8.96. The van der Waals surface area contributed by atoms with Gasteiger partial charge in [0.2, 0.25) is 18.6 Å². The number of ether oxygens (including phenoxy) is 2. The molecule has 1 N–H and O–H groups in total. The molecule has 2 aromatic rings. The van der Waals surface area contributed by atoms with Crippen LogP contribution in [-0.2, 0) is 22.6 Å². The van der Waals surface area contributed by atoms with Gasteiger partial charge < -0.3 is 19.7 Å². The van der Waals surface area contributed by atoms with E-state index in [2.05, 4.69) is 5.32 Å². The summed E-state index contributed by atoms with van der Waals surface area (Å²) in [6, 6.07) is 10.4. The monoisotopic (exact) mass is 504 g/mol. The number of halogens is 2. The molecular formula is C26H30Cl2N2O4. The van der Waals surface area contributed by atoms with E-state index in [1.54, 1.807) is 30.0 Å². The highest BCUT2D eigenvalue weighted by Gasteiger charge is 2.28. The van der Waals surface area contributed by atoms with Gasteiger partial charge in [0.15, 0.2) is 11.5 Å². The van der Waals surface area contributed by atoms with Crippen molar-refractivity contribution in [1.82, 2.24) is 10.2 Å². The molecule has 0 bridgehead atoms. The van der Waals surface area contributed by atoms with Gasteiger partial charge in [0.1, 0.15) is 6.04 Å². The van der Waals surface area contributed by atoms with Crippen LogP contribution < -0.4 is 14.8 Å². The standard InChI is InChI=1S/C26H30Cl2N2O4/c1-17(26(32)29-21-5-3-2-4-6-21)30(15-19-9-10-20(27)14-22(19)28)25(31)12-8-18-7-11-23-24(13-18)34-16-33-23/h7,9-11,13-14,17,21H,2-6,8,12,15-16H2,1H3,(H,29,32)/t17-/m1/s1. The SMILES string of the molecule is C[C@H](C(=O)NC1CCCCC1)N(Cc1ccc(Cl)cc1Cl)C(=O)CCc1ccc2c(c1)OCO2. The van der Waals surface area contributed by atoms with Crippen molar-refractivity contribution < 1.29 is 19.1 Å². The lowest BCUT2D eigenvalue weighted by Crippen LogP contribution is -2.50. The molecule has 4 rings (SSSR count). The van der Waals surface area contributed by atoms with E-state index in [4.69, 9.17) is 32.7 Å². The lowest BCUT2D eigenvalue weighted by Gasteiger charge is -2.31. The van der Waals surface area contributed by atoms with E-state index in [-0.39, 0.29) is 37.6 Å². The first-order valence-corrected chi connectivity index (χ1v) is 12.6. The van der Waals surface area contributed by atoms with E-state index >= 15 is 0 Å². The second kappa shape index (κ2) is 11.3. The van der Waals surface area contributed by atoms with Crippen LogP contribution in [0, 0.1) is 0 Å². The van der Waals surface area contributed by atoms with Gasteiger partial charge in [0, 0.05) is 29.1 Å². The number of benzene rings is 2. The molecular weight excluding hydrogens is 475 g/mol. The Balaban J connectivity index is 1.47. The van der Waals surface area contributed by atoms with Crippen molar-refractivity contribution in [2.45, 2.75) is 70.5 Å². The summed E-state index contributed by atoms with van der Waals surface area (Å²) in [5.41, 5.74) is 1.72. The van der Waals surface area contributed by atoms with Gasteiger partial charge in [-0.2, -0.15) is 0 Å². The number of carbonyl (C=O) groups is 2. The average Bonchev–Trinajstić information content (AvgIpc) is 3.30. The maximum Gasteiger partial charge on any atom is 0.242 e. The van der Waals surface area contributed by atoms with Crippen LogP contribution in [0.5, 0.6) is 11.5 Å². The molecule has 1 atom stereocenters. The number of hydrogen-bond donors (Lipinski definition) is 1. The number of hydrogen-bond acceptors (Lipinski definition) is 4. The quantitative estimate of drug-likeness (QED) is 0.513. The predicted octanol–water partition coefficient (Wildman–Crippen LogP) is 5.52. The zero-order valence-electron chi connectivity index (χ0n) is 19.3. The van der Waals surface area contributed by atoms with Gasteiger partial charge in [-0.15, -0.1) is 0 Å². The zero-order valence-corrected chi connectivity index (χ0v) is 20.8. The molecule has 6 nitrogen and oxygen atoms in total. The highest BCUT2D eigenvalue weighted by Crippen LogP contribution is 2.33. The Morgan fingerprint density at radius 1 is 1.06 bits per heavy atom. The lowest BCUT2D eigenvalue weighted by atomic mass is 9.95. The number of carbonyl (C=O) groups excluding carboxylic acids is 2. The van der Waals surface area contributed by atoms with Crippen LogP contribution in [0.3, 0.4) is 0 Å². The van der Waals surface area contributed by atoms with Crippen molar-refractivity contribution in [2.75, 3.05) is 6.79 Å². The van der Waals surface area contributed by atoms with Gasteiger partial charge in [0.25, 0.3) is 0 Å². The minimum atomic E-state index is -0.627. The molecule has 34 heavy (non-hydrogen) atoms. The Bertz CT molecular complexity index is 1040. The Morgan fingerprint density at radius 2 is 1.82 bits per heavy atom. The van der Waals surface area contributed by atoms with Crippen molar-refractivity contribution in [3.63, 3.8) is 0 Å². The molecule has 2 aliphatic rings. The first-order valence-electron chi connectivity index (χ1n) is 11.8. The number of aryl methyl sites for hydroxylation is 1. The zero-order chi connectivity index (χ0) is 24.1. The molecule has 8 heteroatoms. The van der Waals surface area contributed by atoms with E-state index in [0.717, 1.165) is 36.8 Å². The molecule has 1 saturated carbocycles. The lowest BCUT2D eigenvalue weighted by molar-refractivity contribution is -0.141. The smallest absolute Gasteiger partial charge is 0.242 e. The molecule has 1 aliphatic carbocycles. The van der Waals surface area contributed by atoms with Gasteiger partial charge in [-0.1, -0.05) is 54.6 Å². The molecule has 1 heterocycles. The number of fused-ring (bicyclic) bond motifs is 1. The van der Waals surface area contributed by atoms with Gasteiger partial charge in [-0.3, -0.25) is 9.59 Å². The van der Waals surface area contributed by atoms with Crippen LogP contribution in [0.15, 0.2) is 36.4 Å². The molecule has 1 aliphatic heterocycles. The normalized spacial score (nSPS) is 16.2. The Labute approximate surface area is 210 Å². The van der Waals surface area contributed by atoms with Crippen LogP contribution in [-0.4, -0.2) is 35.6 Å². The van der Waals surface area contributed by atoms with Crippen molar-refractivity contribution in [1.29, 1.82) is 0 Å². The summed E-state index contributed by atoms with van der Waals surface area (Å²) >= 11 is 12.4. The van der Waals surface area contributed by atoms with Crippen LogP contribution in [0.4, 0.5) is 0 Å². The number of amides is 2. The highest BCUT2D eigenvalue weighted by molar-refractivity contribution is 6.35. The number of nitrogens with zero attached hydrogens (tertiary/aromatic N) is 1. The van der Waals surface area contributed by atoms with E-state index in [1.165, 1.54) is 6.42 Å². The summed E-state index contributed by atoms with van der Waals surface area (Å²) in [6.07, 6.45) is 6.21. The molecule has 182 valence electrons. The van der Waals surface area contributed by atoms with E-state index in [0.29, 0.717) is 28.0 Å². The number of nitrogens with one attached hydrogen (secondary N) is 1. The third-order valence-corrected chi connectivity index (χ3v) is 7.13. The largest absolute Gasteiger partial charge is 0.454 e. The molecule has 0 aromatic heterocycles. The van der Waals surface area contributed by atoms with E-state index in [9.17, 15) is 9.59 Å². The first kappa shape index (κ1) is 24.7. The van der Waals surface area contributed by atoms with Crippen LogP contribution in [0.2, 0.25) is 10.0 Å². The molecule has 0 saturated heterocycles. The molecule has 0 radical (unpaired) electrons. The summed E-state index contributed by atoms with van der Waals surface area (Å²) in [5.74, 6) is 1.15. The molecule has 0 spiro atoms. The topological polar surface area (TPSA) is 67.9 Å². The Kier molecular flexibility index (Phi) is 8.22. The highest BCUT2D eigenvalue weighted by atomic mass is 35.5. The third-order valence-electron chi connectivity index (χ3n) is 6.54. The molecule has 2 aromatic carbocycles. The van der Waals surface area contributed by atoms with Gasteiger partial charge in [-0.25, -0.2) is 0 Å². The first-order chi connectivity index (χ1) is 16.4. The minimum absolute atomic E-state index is 0.116. The van der Waals surface area contributed by atoms with E-state index in [1.807, 2.05) is 18.2 Å². The average molecular weight is 505 g/mol. The Morgan fingerprint density at radius 3 is 2.59 bits per heavy atom. The Hall–Kier alpha value is -2.44. The second-order valence-corrected chi connectivity index (χ2v) is 9.81. The fourth-order valence-electron chi connectivity index (χ4n) is 4.48. The van der Waals surface area contributed by atoms with Gasteiger partial charge in [0.05, 0.1) is 0 Å². The maximum atomic E-state index is 13.4. The maximum absolute atomic E-state index is 13.4. The van der Waals surface area contributed by atoms with Crippen LogP contribution >= 0.6 is 23.2 Å². The summed E-state index contributed by atoms with van der Waals surface area (Å²) in [6.45, 7) is 2.22. The van der Waals surface area contributed by atoms with Crippen LogP contribution in [0.1, 0.15) is 56.6 Å². The van der Waals surface area contributed by atoms with E-state index < -0.39 is 6.04 Å². The minimum Gasteiger partial charge on any atom is -0.454 e. The summed E-state index contributed by atoms with van der Waals surface area (Å²) < 4.78 is 10.8. The fraction of sp³-hybridized carbons (Fsp3) is 0.462. The summed E-state index contributed by atoms with van der Waals surface area (Å²) in [5, 5.41) is 4.15. The third kappa shape index (κ3) is 6.16. The summed E-state index contributed by atoms with van der Waals surface area (Å²) in [4.78, 5) is 28.1. The van der Waals surface area contributed by atoms with Gasteiger partial charge in [-0.05, 0) is 61.6 Å². The predicted molar refractivity (Wildman–Crippen MR) is 132 cm³/mol. The molecule has 0 unspecified atom stereocenters. The van der Waals surface area contributed by atoms with Crippen molar-refractivity contribution >= 4 is 35.0 Å². The van der Waals surface area contributed by atoms with Crippen molar-refractivity contribution in [2.24, 2.45) is 0 Å². The molecule has 1 fully saturated rings.